The van der Waals surface area contributed by atoms with Crippen molar-refractivity contribution in [2.45, 2.75) is 32.8 Å². The van der Waals surface area contributed by atoms with Gasteiger partial charge in [0.05, 0.1) is 72.7 Å². The first-order valence-electron chi connectivity index (χ1n) is 11.0. The van der Waals surface area contributed by atoms with Crippen LogP contribution in [0.5, 0.6) is 0 Å². The van der Waals surface area contributed by atoms with Crippen LogP contribution in [-0.4, -0.2) is 110 Å². The van der Waals surface area contributed by atoms with Crippen LogP contribution < -0.4 is 10.6 Å². The van der Waals surface area contributed by atoms with Crippen molar-refractivity contribution < 1.29 is 42.7 Å². The monoisotopic (exact) mass is 466 g/mol. The Bertz CT molecular complexity index is 459. The minimum Gasteiger partial charge on any atom is -0.444 e. The van der Waals surface area contributed by atoms with Gasteiger partial charge in [0.15, 0.2) is 0 Å². The summed E-state index contributed by atoms with van der Waals surface area (Å²) in [7, 11) is 1.63. The summed E-state index contributed by atoms with van der Waals surface area (Å²) in [6.45, 7) is 11.3. The average molecular weight is 467 g/mol. The van der Waals surface area contributed by atoms with Crippen molar-refractivity contribution in [3.05, 3.63) is 0 Å². The molecule has 0 aliphatic heterocycles. The predicted molar refractivity (Wildman–Crippen MR) is 118 cm³/mol. The molecule has 2 amide bonds. The minimum absolute atomic E-state index is 0.144. The fourth-order valence-corrected chi connectivity index (χ4v) is 2.06. The molecule has 0 aromatic rings. The minimum atomic E-state index is -0.545. The highest BCUT2D eigenvalue weighted by Gasteiger charge is 2.15. The van der Waals surface area contributed by atoms with Gasteiger partial charge >= 0.3 is 6.09 Å². The van der Waals surface area contributed by atoms with Crippen LogP contribution in [0.1, 0.15) is 27.2 Å². The Morgan fingerprint density at radius 3 is 1.47 bits per heavy atom. The third-order valence-electron chi connectivity index (χ3n) is 3.51. The molecule has 0 spiro atoms. The van der Waals surface area contributed by atoms with E-state index >= 15 is 0 Å². The summed E-state index contributed by atoms with van der Waals surface area (Å²) in [5.41, 5.74) is -0.545. The highest BCUT2D eigenvalue weighted by molar-refractivity contribution is 5.76. The van der Waals surface area contributed by atoms with Crippen LogP contribution >= 0.6 is 0 Å². The topological polar surface area (TPSA) is 123 Å². The van der Waals surface area contributed by atoms with Crippen LogP contribution in [0.3, 0.4) is 0 Å². The summed E-state index contributed by atoms with van der Waals surface area (Å²) in [5.74, 6) is -0.144. The summed E-state index contributed by atoms with van der Waals surface area (Å²) in [5, 5.41) is 5.27. The second kappa shape index (κ2) is 21.4. The highest BCUT2D eigenvalue weighted by Crippen LogP contribution is 2.05. The van der Waals surface area contributed by atoms with Crippen molar-refractivity contribution in [2.75, 3.05) is 92.9 Å². The standard InChI is InChI=1S/C21H42N2O9/c1-21(2,3)32-20(25)23-7-6-22-19(24)5-8-27-11-12-29-15-16-31-18-17-30-14-13-28-10-9-26-4/h5-18H2,1-4H3,(H,22,24)(H,23,25). The van der Waals surface area contributed by atoms with Gasteiger partial charge < -0.3 is 43.8 Å². The Labute approximate surface area is 191 Å². The molecule has 0 saturated heterocycles. The van der Waals surface area contributed by atoms with Gasteiger partial charge in [-0.15, -0.1) is 0 Å². The fraction of sp³-hybridized carbons (Fsp3) is 0.905. The molecule has 32 heavy (non-hydrogen) atoms. The highest BCUT2D eigenvalue weighted by atomic mass is 16.6. The number of nitrogens with one attached hydrogen (secondary N) is 2. The van der Waals surface area contributed by atoms with E-state index in [1.165, 1.54) is 0 Å². The first-order valence-corrected chi connectivity index (χ1v) is 11.0. The van der Waals surface area contributed by atoms with Gasteiger partial charge in [0, 0.05) is 26.6 Å². The van der Waals surface area contributed by atoms with E-state index in [0.29, 0.717) is 85.8 Å². The molecule has 0 aromatic heterocycles. The van der Waals surface area contributed by atoms with Gasteiger partial charge in [-0.2, -0.15) is 0 Å². The lowest BCUT2D eigenvalue weighted by Gasteiger charge is -2.19. The van der Waals surface area contributed by atoms with E-state index in [1.54, 1.807) is 27.9 Å². The zero-order valence-corrected chi connectivity index (χ0v) is 20.1. The summed E-state index contributed by atoms with van der Waals surface area (Å²) >= 11 is 0. The molecule has 2 N–H and O–H groups in total. The molecule has 0 fully saturated rings. The van der Waals surface area contributed by atoms with Gasteiger partial charge in [0.2, 0.25) is 5.91 Å². The quantitative estimate of drug-likeness (QED) is 0.236. The number of carbonyl (C=O) groups excluding carboxylic acids is 2. The van der Waals surface area contributed by atoms with Crippen molar-refractivity contribution >= 4 is 12.0 Å². The second-order valence-electron chi connectivity index (χ2n) is 7.58. The zero-order valence-electron chi connectivity index (χ0n) is 20.1. The van der Waals surface area contributed by atoms with E-state index in [1.807, 2.05) is 0 Å². The van der Waals surface area contributed by atoms with Gasteiger partial charge in [-0.3, -0.25) is 4.79 Å². The number of rotatable bonds is 21. The molecular formula is C21H42N2O9. The van der Waals surface area contributed by atoms with Crippen molar-refractivity contribution in [2.24, 2.45) is 0 Å². The van der Waals surface area contributed by atoms with Crippen molar-refractivity contribution in [1.82, 2.24) is 10.6 Å². The zero-order chi connectivity index (χ0) is 23.9. The number of amides is 2. The van der Waals surface area contributed by atoms with Crippen LogP contribution in [0.2, 0.25) is 0 Å². The Hall–Kier alpha value is -1.50. The number of methoxy groups -OCH3 is 1. The Kier molecular flexibility index (Phi) is 20.4. The Morgan fingerprint density at radius 2 is 1.03 bits per heavy atom. The maximum absolute atomic E-state index is 11.7. The number of carbonyl (C=O) groups is 2. The molecule has 11 nitrogen and oxygen atoms in total. The summed E-state index contributed by atoms with van der Waals surface area (Å²) in [6.07, 6.45) is -0.263. The smallest absolute Gasteiger partial charge is 0.407 e. The third kappa shape index (κ3) is 24.8. The van der Waals surface area contributed by atoms with Crippen molar-refractivity contribution in [3.63, 3.8) is 0 Å². The number of alkyl carbamates (subject to hydrolysis) is 1. The molecule has 0 aromatic carbocycles. The molecule has 0 heterocycles. The van der Waals surface area contributed by atoms with E-state index in [-0.39, 0.29) is 12.3 Å². The first-order chi connectivity index (χ1) is 15.3. The Balaban J connectivity index is 3.25. The molecular weight excluding hydrogens is 424 g/mol. The number of hydrogen-bond donors (Lipinski definition) is 2. The van der Waals surface area contributed by atoms with Gasteiger partial charge in [0.1, 0.15) is 5.60 Å². The lowest BCUT2D eigenvalue weighted by molar-refractivity contribution is -0.122. The fourth-order valence-electron chi connectivity index (χ4n) is 2.06. The maximum atomic E-state index is 11.7. The molecule has 0 bridgehead atoms. The van der Waals surface area contributed by atoms with E-state index in [2.05, 4.69) is 10.6 Å². The van der Waals surface area contributed by atoms with E-state index in [4.69, 9.17) is 33.2 Å². The summed E-state index contributed by atoms with van der Waals surface area (Å²) in [6, 6.07) is 0. The van der Waals surface area contributed by atoms with E-state index < -0.39 is 11.7 Å². The number of ether oxygens (including phenoxy) is 7. The lowest BCUT2D eigenvalue weighted by atomic mass is 10.2. The SMILES string of the molecule is COCCOCCOCCOCCOCCOCCC(=O)NCCNC(=O)OC(C)(C)C. The summed E-state index contributed by atoms with van der Waals surface area (Å²) in [4.78, 5) is 23.1. The van der Waals surface area contributed by atoms with Gasteiger partial charge in [-0.25, -0.2) is 4.79 Å². The Morgan fingerprint density at radius 1 is 0.625 bits per heavy atom. The van der Waals surface area contributed by atoms with Gasteiger partial charge in [0.25, 0.3) is 0 Å². The summed E-state index contributed by atoms with van der Waals surface area (Å²) < 4.78 is 36.7. The second-order valence-corrected chi connectivity index (χ2v) is 7.58. The molecule has 0 saturated carbocycles. The lowest BCUT2D eigenvalue weighted by Crippen LogP contribution is -2.38. The average Bonchev–Trinajstić information content (AvgIpc) is 2.72. The van der Waals surface area contributed by atoms with Crippen molar-refractivity contribution in [3.8, 4) is 0 Å². The molecule has 11 heteroatoms. The van der Waals surface area contributed by atoms with Crippen LogP contribution in [0.15, 0.2) is 0 Å². The van der Waals surface area contributed by atoms with Crippen molar-refractivity contribution in [1.29, 1.82) is 0 Å². The molecule has 0 aliphatic carbocycles. The molecule has 0 aliphatic rings. The molecule has 0 rings (SSSR count). The molecule has 0 unspecified atom stereocenters. The van der Waals surface area contributed by atoms with Gasteiger partial charge in [-0.1, -0.05) is 0 Å². The maximum Gasteiger partial charge on any atom is 0.407 e. The normalized spacial score (nSPS) is 11.4. The first kappa shape index (κ1) is 30.5. The predicted octanol–water partition coefficient (Wildman–Crippen LogP) is 0.747. The van der Waals surface area contributed by atoms with E-state index in [0.717, 1.165) is 0 Å². The van der Waals surface area contributed by atoms with Crippen LogP contribution in [0.25, 0.3) is 0 Å². The van der Waals surface area contributed by atoms with Crippen LogP contribution in [0, 0.1) is 0 Å². The largest absolute Gasteiger partial charge is 0.444 e. The molecule has 0 atom stereocenters. The van der Waals surface area contributed by atoms with Crippen LogP contribution in [-0.2, 0) is 38.0 Å². The van der Waals surface area contributed by atoms with Crippen LogP contribution in [0.4, 0.5) is 4.79 Å². The molecule has 190 valence electrons. The van der Waals surface area contributed by atoms with Gasteiger partial charge in [-0.05, 0) is 20.8 Å². The third-order valence-corrected chi connectivity index (χ3v) is 3.51. The molecule has 0 radical (unpaired) electrons. The number of hydrogen-bond acceptors (Lipinski definition) is 9. The van der Waals surface area contributed by atoms with E-state index in [9.17, 15) is 9.59 Å².